The molecule has 0 aromatic heterocycles. The number of hydrogen-bond acceptors (Lipinski definition) is 5. The smallest absolute Gasteiger partial charge is 0.306 e. The number of aliphatic hydroxyl groups is 2. The Hall–Kier alpha value is -1.14. The second kappa shape index (κ2) is 44.0. The van der Waals surface area contributed by atoms with Crippen LogP contribution in [0.15, 0.2) is 0 Å². The lowest BCUT2D eigenvalue weighted by Crippen LogP contribution is -2.46. The fraction of sp³-hybridized carbons (Fsp3) is 0.959. The van der Waals surface area contributed by atoms with Crippen molar-refractivity contribution in [3.63, 3.8) is 0 Å². The molecule has 0 aliphatic heterocycles. The topological polar surface area (TPSA) is 95.9 Å². The molecule has 3 N–H and O–H groups in total. The van der Waals surface area contributed by atoms with E-state index < -0.39 is 18.2 Å². The van der Waals surface area contributed by atoms with E-state index in [2.05, 4.69) is 26.1 Å². The second-order valence-corrected chi connectivity index (χ2v) is 17.2. The normalized spacial score (nSPS) is 13.2. The van der Waals surface area contributed by atoms with E-state index >= 15 is 0 Å². The molecular formula is C49H97NO5. The van der Waals surface area contributed by atoms with E-state index in [4.69, 9.17) is 4.74 Å². The minimum atomic E-state index is -0.776. The van der Waals surface area contributed by atoms with E-state index in [0.29, 0.717) is 19.3 Å². The van der Waals surface area contributed by atoms with Gasteiger partial charge in [-0.1, -0.05) is 239 Å². The monoisotopic (exact) mass is 780 g/mol. The molecule has 0 bridgehead atoms. The molecule has 1 amide bonds. The van der Waals surface area contributed by atoms with Crippen molar-refractivity contribution in [1.82, 2.24) is 5.32 Å². The Balaban J connectivity index is 4.31. The molecule has 6 heteroatoms. The van der Waals surface area contributed by atoms with E-state index in [1.165, 1.54) is 193 Å². The lowest BCUT2D eigenvalue weighted by Gasteiger charge is -2.24. The van der Waals surface area contributed by atoms with Gasteiger partial charge >= 0.3 is 5.97 Å². The summed E-state index contributed by atoms with van der Waals surface area (Å²) in [5.41, 5.74) is 0. The molecule has 0 saturated carbocycles. The molecule has 0 fully saturated rings. The van der Waals surface area contributed by atoms with Gasteiger partial charge < -0.3 is 20.3 Å². The average molecular weight is 780 g/mol. The van der Waals surface area contributed by atoms with Crippen LogP contribution in [0.5, 0.6) is 0 Å². The zero-order valence-electron chi connectivity index (χ0n) is 37.3. The third kappa shape index (κ3) is 39.5. The van der Waals surface area contributed by atoms with Gasteiger partial charge in [0.15, 0.2) is 0 Å². The van der Waals surface area contributed by atoms with Crippen LogP contribution in [0.4, 0.5) is 0 Å². The van der Waals surface area contributed by atoms with Crippen LogP contribution in [0.1, 0.15) is 278 Å². The highest BCUT2D eigenvalue weighted by Crippen LogP contribution is 2.18. The van der Waals surface area contributed by atoms with Crippen LogP contribution in [-0.4, -0.2) is 46.9 Å². The average Bonchev–Trinajstić information content (AvgIpc) is 3.18. The van der Waals surface area contributed by atoms with Crippen molar-refractivity contribution in [3.05, 3.63) is 0 Å². The Morgan fingerprint density at radius 1 is 0.455 bits per heavy atom. The molecule has 0 radical (unpaired) electrons. The molecule has 0 aliphatic rings. The minimum Gasteiger partial charge on any atom is -0.462 e. The Kier molecular flexibility index (Phi) is 43.1. The Bertz CT molecular complexity index is 791. The van der Waals surface area contributed by atoms with Gasteiger partial charge in [0.1, 0.15) is 6.10 Å². The van der Waals surface area contributed by atoms with Crippen LogP contribution in [0.3, 0.4) is 0 Å². The summed E-state index contributed by atoms with van der Waals surface area (Å²) in [5, 5.41) is 23.6. The number of aliphatic hydroxyl groups excluding tert-OH is 2. The number of unbranched alkanes of at least 4 members (excludes halogenated alkanes) is 33. The molecule has 0 saturated heterocycles. The van der Waals surface area contributed by atoms with Gasteiger partial charge in [-0.05, 0) is 25.7 Å². The first-order chi connectivity index (χ1) is 27.0. The lowest BCUT2D eigenvalue weighted by molar-refractivity contribution is -0.151. The van der Waals surface area contributed by atoms with Gasteiger partial charge in [-0.25, -0.2) is 0 Å². The van der Waals surface area contributed by atoms with E-state index in [1.807, 2.05) is 0 Å². The number of amides is 1. The predicted octanol–water partition coefficient (Wildman–Crippen LogP) is 14.4. The second-order valence-electron chi connectivity index (χ2n) is 17.2. The van der Waals surface area contributed by atoms with Crippen molar-refractivity contribution in [3.8, 4) is 0 Å². The number of nitrogens with one attached hydrogen (secondary N) is 1. The molecule has 328 valence electrons. The highest BCUT2D eigenvalue weighted by atomic mass is 16.5. The van der Waals surface area contributed by atoms with Crippen molar-refractivity contribution in [1.29, 1.82) is 0 Å². The van der Waals surface area contributed by atoms with E-state index in [0.717, 1.165) is 38.5 Å². The standard InChI is InChI=1S/C49H97NO5/c1-4-7-10-13-16-19-20-21-22-23-24-25-26-27-28-30-33-36-39-42-49(54)55-45(40-37-34-31-18-15-12-9-6-3)43-48(53)50-46(44-51)47(52)41-38-35-32-29-17-14-11-8-5-2/h45-47,51-52H,4-44H2,1-3H3,(H,50,53). The summed E-state index contributed by atoms with van der Waals surface area (Å²) < 4.78 is 5.90. The highest BCUT2D eigenvalue weighted by molar-refractivity contribution is 5.77. The fourth-order valence-electron chi connectivity index (χ4n) is 7.90. The van der Waals surface area contributed by atoms with Gasteiger partial charge in [-0.3, -0.25) is 9.59 Å². The Morgan fingerprint density at radius 3 is 1.11 bits per heavy atom. The first kappa shape index (κ1) is 53.9. The largest absolute Gasteiger partial charge is 0.462 e. The van der Waals surface area contributed by atoms with Crippen LogP contribution in [0.25, 0.3) is 0 Å². The molecule has 55 heavy (non-hydrogen) atoms. The highest BCUT2D eigenvalue weighted by Gasteiger charge is 2.24. The van der Waals surface area contributed by atoms with Crippen molar-refractivity contribution in [2.75, 3.05) is 6.61 Å². The summed E-state index contributed by atoms with van der Waals surface area (Å²) >= 11 is 0. The molecule has 0 aromatic carbocycles. The minimum absolute atomic E-state index is 0.0860. The number of ether oxygens (including phenoxy) is 1. The molecule has 0 aliphatic carbocycles. The summed E-state index contributed by atoms with van der Waals surface area (Å²) in [6, 6.07) is -0.689. The molecule has 0 aromatic rings. The van der Waals surface area contributed by atoms with Crippen LogP contribution in [0.2, 0.25) is 0 Å². The number of esters is 1. The summed E-state index contributed by atoms with van der Waals surface area (Å²) in [4.78, 5) is 25.9. The van der Waals surface area contributed by atoms with Crippen LogP contribution in [0, 0.1) is 0 Å². The third-order valence-electron chi connectivity index (χ3n) is 11.7. The number of carbonyl (C=O) groups excluding carboxylic acids is 2. The molecule has 3 atom stereocenters. The Labute approximate surface area is 343 Å². The van der Waals surface area contributed by atoms with Crippen molar-refractivity contribution >= 4 is 11.9 Å². The first-order valence-corrected chi connectivity index (χ1v) is 24.8. The molecular weight excluding hydrogens is 683 g/mol. The van der Waals surface area contributed by atoms with Crippen molar-refractivity contribution in [2.24, 2.45) is 0 Å². The van der Waals surface area contributed by atoms with E-state index in [9.17, 15) is 19.8 Å². The van der Waals surface area contributed by atoms with Gasteiger partial charge in [0.25, 0.3) is 0 Å². The van der Waals surface area contributed by atoms with Gasteiger partial charge in [-0.2, -0.15) is 0 Å². The third-order valence-corrected chi connectivity index (χ3v) is 11.7. The maximum absolute atomic E-state index is 13.1. The van der Waals surface area contributed by atoms with Crippen LogP contribution >= 0.6 is 0 Å². The van der Waals surface area contributed by atoms with E-state index in [1.54, 1.807) is 0 Å². The molecule has 0 rings (SSSR count). The maximum atomic E-state index is 13.1. The number of hydrogen-bond donors (Lipinski definition) is 3. The number of rotatable bonds is 45. The van der Waals surface area contributed by atoms with Gasteiger partial charge in [-0.15, -0.1) is 0 Å². The SMILES string of the molecule is CCCCCCCCCCCCCCCCCCCCCC(=O)OC(CCCCCCCCCC)CC(=O)NC(CO)C(O)CCCCCCCCCCC. The molecule has 0 heterocycles. The van der Waals surface area contributed by atoms with Gasteiger partial charge in [0.05, 0.1) is 25.2 Å². The van der Waals surface area contributed by atoms with Gasteiger partial charge in [0, 0.05) is 6.42 Å². The van der Waals surface area contributed by atoms with Crippen molar-refractivity contribution in [2.45, 2.75) is 296 Å². The van der Waals surface area contributed by atoms with Gasteiger partial charge in [0.2, 0.25) is 5.91 Å². The molecule has 0 spiro atoms. The lowest BCUT2D eigenvalue weighted by atomic mass is 10.0. The quantitative estimate of drug-likeness (QED) is 0.0422. The maximum Gasteiger partial charge on any atom is 0.306 e. The number of carbonyl (C=O) groups is 2. The zero-order chi connectivity index (χ0) is 40.3. The summed E-state index contributed by atoms with van der Waals surface area (Å²) in [5.74, 6) is -0.459. The predicted molar refractivity (Wildman–Crippen MR) is 237 cm³/mol. The van der Waals surface area contributed by atoms with Crippen LogP contribution < -0.4 is 5.32 Å². The molecule has 6 nitrogen and oxygen atoms in total. The summed E-state index contributed by atoms with van der Waals surface area (Å²) in [6.07, 6.45) is 46.1. The van der Waals surface area contributed by atoms with Crippen LogP contribution in [-0.2, 0) is 14.3 Å². The zero-order valence-corrected chi connectivity index (χ0v) is 37.3. The van der Waals surface area contributed by atoms with Crippen molar-refractivity contribution < 1.29 is 24.5 Å². The molecule has 3 unspecified atom stereocenters. The Morgan fingerprint density at radius 2 is 0.764 bits per heavy atom. The first-order valence-electron chi connectivity index (χ1n) is 24.8. The van der Waals surface area contributed by atoms with E-state index in [-0.39, 0.29) is 24.9 Å². The summed E-state index contributed by atoms with van der Waals surface area (Å²) in [7, 11) is 0. The fourth-order valence-corrected chi connectivity index (χ4v) is 7.90. The summed E-state index contributed by atoms with van der Waals surface area (Å²) in [6.45, 7) is 6.46.